The smallest absolute Gasteiger partial charge is 0.349 e. The molecule has 0 unspecified atom stereocenters. The SMILES string of the molecule is CCCn1ccc(C(=O)N[C@H](c2cn3ncc([C@H](NC(=O)CCC(F)(F)F)C4CC4)cc3n2)C2CCC(F)(F)CC2)n1. The highest BCUT2D eigenvalue weighted by Gasteiger charge is 2.40. The van der Waals surface area contributed by atoms with E-state index in [1.54, 1.807) is 35.4 Å². The largest absolute Gasteiger partial charge is 0.389 e. The number of carbonyl (C=O) groups is 2. The van der Waals surface area contributed by atoms with Gasteiger partial charge in [0.25, 0.3) is 5.91 Å². The van der Waals surface area contributed by atoms with Crippen LogP contribution >= 0.6 is 0 Å². The van der Waals surface area contributed by atoms with Gasteiger partial charge in [0.1, 0.15) is 5.69 Å². The Kier molecular flexibility index (Phi) is 8.51. The van der Waals surface area contributed by atoms with E-state index in [2.05, 4.69) is 25.8 Å². The number of halogens is 5. The molecule has 0 radical (unpaired) electrons. The van der Waals surface area contributed by atoms with Gasteiger partial charge < -0.3 is 10.6 Å². The fourth-order valence-corrected chi connectivity index (χ4v) is 5.51. The van der Waals surface area contributed by atoms with Crippen LogP contribution < -0.4 is 10.6 Å². The topological polar surface area (TPSA) is 106 Å². The maximum absolute atomic E-state index is 14.0. The number of nitrogens with zero attached hydrogens (tertiary/aromatic N) is 5. The summed E-state index contributed by atoms with van der Waals surface area (Å²) in [6.45, 7) is 2.65. The molecule has 2 atom stereocenters. The van der Waals surface area contributed by atoms with Gasteiger partial charge in [-0.05, 0) is 61.6 Å². The standard InChI is InChI=1S/C28H34F5N7O2/c1-2-12-39-13-8-20(38-39)26(42)37-25(18-5-9-27(29,30)10-6-18)21-16-40-22(35-21)14-19(15-34-40)24(17-3-4-17)36-23(41)7-11-28(31,32)33/h8,13-18,24-25H,2-7,9-12H2,1H3,(H,36,41)(H,37,42)/t24-,25+/m1/s1. The highest BCUT2D eigenvalue weighted by molar-refractivity contribution is 5.92. The van der Waals surface area contributed by atoms with E-state index in [-0.39, 0.29) is 43.2 Å². The van der Waals surface area contributed by atoms with Gasteiger partial charge in [-0.3, -0.25) is 14.3 Å². The monoisotopic (exact) mass is 595 g/mol. The van der Waals surface area contributed by atoms with Gasteiger partial charge in [-0.15, -0.1) is 0 Å². The average molecular weight is 596 g/mol. The molecule has 0 aliphatic heterocycles. The van der Waals surface area contributed by atoms with Crippen molar-refractivity contribution in [2.24, 2.45) is 11.8 Å². The van der Waals surface area contributed by atoms with Crippen molar-refractivity contribution in [3.63, 3.8) is 0 Å². The van der Waals surface area contributed by atoms with E-state index in [1.165, 1.54) is 4.52 Å². The average Bonchev–Trinajstić information content (AvgIpc) is 3.50. The first-order chi connectivity index (χ1) is 19.9. The Hall–Kier alpha value is -3.58. The second kappa shape index (κ2) is 12.0. The molecule has 0 saturated heterocycles. The minimum Gasteiger partial charge on any atom is -0.349 e. The van der Waals surface area contributed by atoms with E-state index < -0.39 is 48.8 Å². The van der Waals surface area contributed by atoms with Gasteiger partial charge in [0, 0.05) is 32.0 Å². The third-order valence-corrected chi connectivity index (χ3v) is 7.93. The van der Waals surface area contributed by atoms with Crippen LogP contribution in [-0.4, -0.2) is 48.3 Å². The Labute approximate surface area is 239 Å². The molecule has 228 valence electrons. The molecule has 2 aliphatic carbocycles. The van der Waals surface area contributed by atoms with Crippen LogP contribution in [0.3, 0.4) is 0 Å². The maximum atomic E-state index is 14.0. The Morgan fingerprint density at radius 2 is 1.81 bits per heavy atom. The summed E-state index contributed by atoms with van der Waals surface area (Å²) in [6, 6.07) is 2.15. The fourth-order valence-electron chi connectivity index (χ4n) is 5.51. The summed E-state index contributed by atoms with van der Waals surface area (Å²) in [5, 5.41) is 14.4. The number of aryl methyl sites for hydroxylation is 1. The molecule has 9 nitrogen and oxygen atoms in total. The molecule has 2 aliphatic rings. The van der Waals surface area contributed by atoms with Crippen molar-refractivity contribution >= 4 is 17.5 Å². The predicted molar refractivity (Wildman–Crippen MR) is 142 cm³/mol. The fraction of sp³-hybridized carbons (Fsp3) is 0.607. The summed E-state index contributed by atoms with van der Waals surface area (Å²) in [5.74, 6) is -4.08. The molecule has 3 aromatic heterocycles. The molecule has 42 heavy (non-hydrogen) atoms. The molecule has 3 heterocycles. The van der Waals surface area contributed by atoms with E-state index in [0.29, 0.717) is 23.4 Å². The summed E-state index contributed by atoms with van der Waals surface area (Å²) in [4.78, 5) is 30.2. The second-order valence-corrected chi connectivity index (χ2v) is 11.4. The van der Waals surface area contributed by atoms with Crippen molar-refractivity contribution in [2.75, 3.05) is 0 Å². The van der Waals surface area contributed by atoms with Crippen LogP contribution in [0.15, 0.2) is 30.7 Å². The zero-order valence-electron chi connectivity index (χ0n) is 23.2. The molecule has 2 N–H and O–H groups in total. The van der Waals surface area contributed by atoms with Gasteiger partial charge in [-0.25, -0.2) is 18.3 Å². The maximum Gasteiger partial charge on any atom is 0.389 e. The molecule has 14 heteroatoms. The number of hydrogen-bond acceptors (Lipinski definition) is 5. The highest BCUT2D eigenvalue weighted by Crippen LogP contribution is 2.43. The normalized spacial score (nSPS) is 19.0. The van der Waals surface area contributed by atoms with Crippen LogP contribution in [0.5, 0.6) is 0 Å². The van der Waals surface area contributed by atoms with Crippen LogP contribution in [0.25, 0.3) is 5.65 Å². The Bertz CT molecular complexity index is 1410. The lowest BCUT2D eigenvalue weighted by Gasteiger charge is -2.33. The third-order valence-electron chi connectivity index (χ3n) is 7.93. The number of hydrogen-bond donors (Lipinski definition) is 2. The molecule has 3 aromatic rings. The highest BCUT2D eigenvalue weighted by atomic mass is 19.4. The Balaban J connectivity index is 1.38. The molecular weight excluding hydrogens is 561 g/mol. The van der Waals surface area contributed by atoms with Crippen LogP contribution in [0.4, 0.5) is 22.0 Å². The van der Waals surface area contributed by atoms with Crippen molar-refractivity contribution in [3.05, 3.63) is 47.7 Å². The van der Waals surface area contributed by atoms with Gasteiger partial charge in [0.05, 0.1) is 36.6 Å². The van der Waals surface area contributed by atoms with E-state index in [9.17, 15) is 31.5 Å². The quantitative estimate of drug-likeness (QED) is 0.283. The van der Waals surface area contributed by atoms with Crippen LogP contribution in [0, 0.1) is 11.8 Å². The summed E-state index contributed by atoms with van der Waals surface area (Å²) < 4.78 is 68.9. The lowest BCUT2D eigenvalue weighted by Crippen LogP contribution is -2.37. The number of rotatable bonds is 11. The first-order valence-electron chi connectivity index (χ1n) is 14.3. The van der Waals surface area contributed by atoms with E-state index in [4.69, 9.17) is 0 Å². The van der Waals surface area contributed by atoms with E-state index in [1.807, 2.05) is 6.92 Å². The van der Waals surface area contributed by atoms with Gasteiger partial charge in [0.2, 0.25) is 11.8 Å². The number of carbonyl (C=O) groups excluding carboxylic acids is 2. The van der Waals surface area contributed by atoms with Gasteiger partial charge in [-0.1, -0.05) is 6.92 Å². The Morgan fingerprint density at radius 3 is 2.48 bits per heavy atom. The zero-order chi connectivity index (χ0) is 30.1. The van der Waals surface area contributed by atoms with E-state index >= 15 is 0 Å². The van der Waals surface area contributed by atoms with Crippen molar-refractivity contribution in [1.29, 1.82) is 0 Å². The van der Waals surface area contributed by atoms with Crippen molar-refractivity contribution in [2.45, 2.75) is 95.4 Å². The molecule has 0 aromatic carbocycles. The van der Waals surface area contributed by atoms with Gasteiger partial charge >= 0.3 is 6.18 Å². The Morgan fingerprint density at radius 1 is 1.10 bits per heavy atom. The number of amides is 2. The summed E-state index contributed by atoms with van der Waals surface area (Å²) >= 11 is 0. The third kappa shape index (κ3) is 7.43. The first kappa shape index (κ1) is 29.9. The van der Waals surface area contributed by atoms with Crippen LogP contribution in [0.1, 0.15) is 98.5 Å². The van der Waals surface area contributed by atoms with Crippen molar-refractivity contribution in [3.8, 4) is 0 Å². The number of imidazole rings is 1. The molecule has 0 spiro atoms. The molecule has 5 rings (SSSR count). The van der Waals surface area contributed by atoms with E-state index in [0.717, 1.165) is 19.3 Å². The lowest BCUT2D eigenvalue weighted by atomic mass is 9.81. The zero-order valence-corrected chi connectivity index (χ0v) is 23.2. The summed E-state index contributed by atoms with van der Waals surface area (Å²) in [7, 11) is 0. The van der Waals surface area contributed by atoms with Crippen LogP contribution in [-0.2, 0) is 11.3 Å². The molecule has 2 amide bonds. The summed E-state index contributed by atoms with van der Waals surface area (Å²) in [6.07, 6.45) is 0.919. The molecule has 0 bridgehead atoms. The molecule has 2 fully saturated rings. The number of fused-ring (bicyclic) bond motifs is 1. The summed E-state index contributed by atoms with van der Waals surface area (Å²) in [5.41, 5.74) is 1.69. The lowest BCUT2D eigenvalue weighted by molar-refractivity contribution is -0.144. The second-order valence-electron chi connectivity index (χ2n) is 11.4. The molecular formula is C28H34F5N7O2. The van der Waals surface area contributed by atoms with Gasteiger partial charge in [0.15, 0.2) is 5.65 Å². The predicted octanol–water partition coefficient (Wildman–Crippen LogP) is 5.54. The minimum absolute atomic E-state index is 0.0852. The minimum atomic E-state index is -4.42. The molecule has 2 saturated carbocycles. The number of aromatic nitrogens is 5. The van der Waals surface area contributed by atoms with Crippen molar-refractivity contribution in [1.82, 2.24) is 35.0 Å². The van der Waals surface area contributed by atoms with Crippen molar-refractivity contribution < 1.29 is 31.5 Å². The van der Waals surface area contributed by atoms with Crippen LogP contribution in [0.2, 0.25) is 0 Å². The van der Waals surface area contributed by atoms with Gasteiger partial charge in [-0.2, -0.15) is 23.4 Å². The first-order valence-corrected chi connectivity index (χ1v) is 14.3. The number of nitrogens with one attached hydrogen (secondary N) is 2. The number of alkyl halides is 5.